The highest BCUT2D eigenvalue weighted by Gasteiger charge is 2.33. The van der Waals surface area contributed by atoms with E-state index in [2.05, 4.69) is 0 Å². The second-order valence-electron chi connectivity index (χ2n) is 8.30. The van der Waals surface area contributed by atoms with Crippen LogP contribution in [-0.4, -0.2) is 28.7 Å². The number of carbonyl (C=O) groups excluding carboxylic acids is 1. The Hall–Kier alpha value is -2.67. The number of hydrogen-bond donors (Lipinski definition) is 0. The average Bonchev–Trinajstić information content (AvgIpc) is 3.15. The van der Waals surface area contributed by atoms with E-state index in [9.17, 15) is 9.59 Å². The lowest BCUT2D eigenvalue weighted by atomic mass is 9.86. The molecule has 32 heavy (non-hydrogen) atoms. The first-order valence-corrected chi connectivity index (χ1v) is 12.2. The first-order chi connectivity index (χ1) is 15.5. The predicted molar refractivity (Wildman–Crippen MR) is 127 cm³/mol. The lowest BCUT2D eigenvalue weighted by molar-refractivity contribution is -0.145. The van der Waals surface area contributed by atoms with Gasteiger partial charge in [-0.15, -0.1) is 11.3 Å². The number of aryl methyl sites for hydroxylation is 3. The maximum absolute atomic E-state index is 13.5. The summed E-state index contributed by atoms with van der Waals surface area (Å²) in [6.45, 7) is 7.27. The quantitative estimate of drug-likeness (QED) is 0.357. The maximum atomic E-state index is 13.5. The minimum Gasteiger partial charge on any atom is -0.494 e. The molecule has 0 N–H and O–H groups in total. The molecular weight excluding hydrogens is 424 g/mol. The second kappa shape index (κ2) is 9.86. The van der Waals surface area contributed by atoms with E-state index in [1.807, 2.05) is 45.0 Å². The van der Waals surface area contributed by atoms with Gasteiger partial charge in [0.25, 0.3) is 5.56 Å². The molecule has 7 heteroatoms. The van der Waals surface area contributed by atoms with E-state index in [-0.39, 0.29) is 17.4 Å². The van der Waals surface area contributed by atoms with Crippen LogP contribution in [0.5, 0.6) is 5.75 Å². The van der Waals surface area contributed by atoms with Crippen molar-refractivity contribution in [1.82, 2.24) is 9.55 Å². The topological polar surface area (TPSA) is 70.4 Å². The van der Waals surface area contributed by atoms with Crippen LogP contribution in [0.1, 0.15) is 60.4 Å². The normalized spacial score (nSPS) is 15.5. The molecule has 2 aromatic heterocycles. The first-order valence-electron chi connectivity index (χ1n) is 11.4. The van der Waals surface area contributed by atoms with Gasteiger partial charge in [0, 0.05) is 11.4 Å². The zero-order valence-corrected chi connectivity index (χ0v) is 19.8. The molecule has 1 aromatic carbocycles. The molecule has 2 heterocycles. The van der Waals surface area contributed by atoms with Gasteiger partial charge < -0.3 is 9.47 Å². The number of fused-ring (bicyclic) bond motifs is 3. The summed E-state index contributed by atoms with van der Waals surface area (Å²) in [6.07, 6.45) is 4.19. The highest BCUT2D eigenvalue weighted by Crippen LogP contribution is 2.41. The number of esters is 1. The summed E-state index contributed by atoms with van der Waals surface area (Å²) in [5.74, 6) is 0.990. The molecular formula is C25H30N2O4S. The summed E-state index contributed by atoms with van der Waals surface area (Å²) in [5.41, 5.74) is 2.03. The number of nitrogens with zero attached hydrogens (tertiary/aromatic N) is 2. The van der Waals surface area contributed by atoms with Crippen LogP contribution in [0.15, 0.2) is 29.1 Å². The van der Waals surface area contributed by atoms with E-state index in [1.165, 1.54) is 5.56 Å². The molecule has 0 bridgehead atoms. The zero-order valence-electron chi connectivity index (χ0n) is 19.0. The Balaban J connectivity index is 1.51. The molecule has 0 saturated carbocycles. The number of hydrogen-bond acceptors (Lipinski definition) is 6. The van der Waals surface area contributed by atoms with Gasteiger partial charge in [-0.3, -0.25) is 14.2 Å². The van der Waals surface area contributed by atoms with Crippen LogP contribution in [0.25, 0.3) is 10.2 Å². The van der Waals surface area contributed by atoms with E-state index >= 15 is 0 Å². The number of benzene rings is 1. The summed E-state index contributed by atoms with van der Waals surface area (Å²) in [6, 6.07) is 8.01. The molecule has 0 spiro atoms. The standard InChI is InChI=1S/C25H30N2O4S/c1-4-30-25(29)19-8-7-9-20-21(19)22-23(32-20)26-17(3)27(24(22)28)14-5-6-15-31-18-12-10-16(2)11-13-18/h10-13,19H,4-9,14-15H2,1-3H3. The van der Waals surface area contributed by atoms with Crippen molar-refractivity contribution < 1.29 is 14.3 Å². The monoisotopic (exact) mass is 454 g/mol. The Morgan fingerprint density at radius 3 is 2.75 bits per heavy atom. The van der Waals surface area contributed by atoms with E-state index in [0.29, 0.717) is 31.0 Å². The fourth-order valence-electron chi connectivity index (χ4n) is 4.36. The van der Waals surface area contributed by atoms with Crippen molar-refractivity contribution in [3.05, 3.63) is 56.4 Å². The molecule has 1 aliphatic rings. The number of rotatable bonds is 8. The molecule has 1 unspecified atom stereocenters. The second-order valence-corrected chi connectivity index (χ2v) is 9.38. The van der Waals surface area contributed by atoms with E-state index < -0.39 is 0 Å². The van der Waals surface area contributed by atoms with E-state index in [4.69, 9.17) is 14.5 Å². The molecule has 3 aromatic rings. The Morgan fingerprint density at radius 2 is 2.00 bits per heavy atom. The van der Waals surface area contributed by atoms with E-state index in [1.54, 1.807) is 15.9 Å². The third-order valence-corrected chi connectivity index (χ3v) is 7.16. The van der Waals surface area contributed by atoms with Gasteiger partial charge in [-0.05, 0) is 70.6 Å². The van der Waals surface area contributed by atoms with E-state index in [0.717, 1.165) is 53.1 Å². The van der Waals surface area contributed by atoms with Gasteiger partial charge in [-0.2, -0.15) is 0 Å². The van der Waals surface area contributed by atoms with Crippen LogP contribution in [0.4, 0.5) is 0 Å². The summed E-state index contributed by atoms with van der Waals surface area (Å²) < 4.78 is 12.9. The van der Waals surface area contributed by atoms with Gasteiger partial charge in [-0.1, -0.05) is 17.7 Å². The van der Waals surface area contributed by atoms with Crippen molar-refractivity contribution >= 4 is 27.5 Å². The zero-order chi connectivity index (χ0) is 22.7. The van der Waals surface area contributed by atoms with Crippen LogP contribution in [0.2, 0.25) is 0 Å². The molecule has 0 fully saturated rings. The summed E-state index contributed by atoms with van der Waals surface area (Å²) in [4.78, 5) is 32.6. The minimum atomic E-state index is -0.360. The summed E-state index contributed by atoms with van der Waals surface area (Å²) >= 11 is 1.55. The molecule has 0 radical (unpaired) electrons. The number of ether oxygens (including phenoxy) is 2. The maximum Gasteiger partial charge on any atom is 0.313 e. The summed E-state index contributed by atoms with van der Waals surface area (Å²) in [7, 11) is 0. The van der Waals surface area contributed by atoms with Crippen molar-refractivity contribution in [2.24, 2.45) is 0 Å². The van der Waals surface area contributed by atoms with Gasteiger partial charge in [0.1, 0.15) is 16.4 Å². The fourth-order valence-corrected chi connectivity index (χ4v) is 5.67. The lowest BCUT2D eigenvalue weighted by Crippen LogP contribution is -2.26. The smallest absolute Gasteiger partial charge is 0.313 e. The van der Waals surface area contributed by atoms with Crippen LogP contribution >= 0.6 is 11.3 Å². The third kappa shape index (κ3) is 4.58. The number of aromatic nitrogens is 2. The van der Waals surface area contributed by atoms with Crippen molar-refractivity contribution in [3.8, 4) is 5.75 Å². The molecule has 0 saturated heterocycles. The highest BCUT2D eigenvalue weighted by molar-refractivity contribution is 7.18. The largest absolute Gasteiger partial charge is 0.494 e. The summed E-state index contributed by atoms with van der Waals surface area (Å²) in [5, 5.41) is 0.615. The Morgan fingerprint density at radius 1 is 1.22 bits per heavy atom. The molecule has 1 aliphatic carbocycles. The van der Waals surface area contributed by atoms with Crippen molar-refractivity contribution in [2.45, 2.75) is 65.3 Å². The van der Waals surface area contributed by atoms with Gasteiger partial charge in [0.15, 0.2) is 0 Å². The third-order valence-electron chi connectivity index (χ3n) is 6.00. The molecule has 0 aliphatic heterocycles. The van der Waals surface area contributed by atoms with Gasteiger partial charge in [0.2, 0.25) is 0 Å². The van der Waals surface area contributed by atoms with Crippen LogP contribution in [-0.2, 0) is 22.5 Å². The molecule has 170 valence electrons. The number of thiophene rings is 1. The predicted octanol–water partition coefficient (Wildman–Crippen LogP) is 4.92. The first kappa shape index (κ1) is 22.5. The Bertz CT molecular complexity index is 1160. The number of unbranched alkanes of at least 4 members (excludes halogenated alkanes) is 1. The van der Waals surface area contributed by atoms with Crippen LogP contribution in [0, 0.1) is 13.8 Å². The lowest BCUT2D eigenvalue weighted by Gasteiger charge is -2.21. The van der Waals surface area contributed by atoms with Gasteiger partial charge in [-0.25, -0.2) is 4.98 Å². The number of carbonyl (C=O) groups is 1. The Kier molecular flexibility index (Phi) is 6.94. The minimum absolute atomic E-state index is 0.0411. The highest BCUT2D eigenvalue weighted by atomic mass is 32.1. The van der Waals surface area contributed by atoms with Gasteiger partial charge >= 0.3 is 5.97 Å². The fraction of sp³-hybridized carbons (Fsp3) is 0.480. The van der Waals surface area contributed by atoms with Crippen molar-refractivity contribution in [3.63, 3.8) is 0 Å². The van der Waals surface area contributed by atoms with Crippen LogP contribution < -0.4 is 10.3 Å². The molecule has 4 rings (SSSR count). The van der Waals surface area contributed by atoms with Gasteiger partial charge in [0.05, 0.1) is 24.5 Å². The molecule has 1 atom stereocenters. The van der Waals surface area contributed by atoms with Crippen molar-refractivity contribution in [2.75, 3.05) is 13.2 Å². The average molecular weight is 455 g/mol. The molecule has 6 nitrogen and oxygen atoms in total. The SMILES string of the molecule is CCOC(=O)C1CCCc2sc3nc(C)n(CCCCOc4ccc(C)cc4)c(=O)c3c21. The van der Waals surface area contributed by atoms with Crippen molar-refractivity contribution in [1.29, 1.82) is 0 Å². The van der Waals surface area contributed by atoms with Crippen LogP contribution in [0.3, 0.4) is 0 Å². The molecule has 0 amide bonds. The Labute approximate surface area is 192 Å².